The van der Waals surface area contributed by atoms with Gasteiger partial charge in [0.25, 0.3) is 0 Å². The van der Waals surface area contributed by atoms with Gasteiger partial charge < -0.3 is 4.90 Å². The van der Waals surface area contributed by atoms with E-state index >= 15 is 0 Å². The third-order valence-electron chi connectivity index (χ3n) is 4.88. The van der Waals surface area contributed by atoms with Gasteiger partial charge in [0.15, 0.2) is 0 Å². The highest BCUT2D eigenvalue weighted by atomic mass is 32.2. The number of carbonyl (C=O) groups excluding carboxylic acids is 1. The first-order valence-electron chi connectivity index (χ1n) is 7.10. The first-order valence-corrected chi connectivity index (χ1v) is 8.99. The molecule has 0 bridgehead atoms. The minimum absolute atomic E-state index is 0.0917. The van der Waals surface area contributed by atoms with Crippen molar-refractivity contribution in [2.24, 2.45) is 22.7 Å². The summed E-state index contributed by atoms with van der Waals surface area (Å²) < 4.78 is 25.5. The molecule has 1 aliphatic heterocycles. The highest BCUT2D eigenvalue weighted by Gasteiger charge is 2.63. The third kappa shape index (κ3) is 2.86. The van der Waals surface area contributed by atoms with Gasteiger partial charge in [-0.05, 0) is 22.7 Å². The van der Waals surface area contributed by atoms with Crippen LogP contribution in [0.15, 0.2) is 0 Å². The van der Waals surface area contributed by atoms with Gasteiger partial charge in [-0.1, -0.05) is 34.6 Å². The van der Waals surface area contributed by atoms with Crippen LogP contribution in [-0.2, 0) is 14.8 Å². The van der Waals surface area contributed by atoms with E-state index in [0.717, 1.165) is 19.3 Å². The molecular formula is C14H26N2O3S. The molecule has 2 aliphatic rings. The summed E-state index contributed by atoms with van der Waals surface area (Å²) >= 11 is 0. The molecule has 2 rings (SSSR count). The Morgan fingerprint density at radius 1 is 1.25 bits per heavy atom. The fraction of sp³-hybridized carbons (Fsp3) is 0.929. The van der Waals surface area contributed by atoms with Gasteiger partial charge in [-0.2, -0.15) is 0 Å². The van der Waals surface area contributed by atoms with E-state index in [-0.39, 0.29) is 5.91 Å². The Hall–Kier alpha value is -0.620. The summed E-state index contributed by atoms with van der Waals surface area (Å²) in [7, 11) is -3.40. The van der Waals surface area contributed by atoms with Gasteiger partial charge in [0.2, 0.25) is 15.9 Å². The molecule has 20 heavy (non-hydrogen) atoms. The van der Waals surface area contributed by atoms with E-state index in [4.69, 9.17) is 0 Å². The molecule has 0 aromatic rings. The molecule has 0 unspecified atom stereocenters. The Balaban J connectivity index is 2.09. The van der Waals surface area contributed by atoms with E-state index < -0.39 is 21.5 Å². The van der Waals surface area contributed by atoms with Crippen molar-refractivity contribution < 1.29 is 13.2 Å². The second-order valence-corrected chi connectivity index (χ2v) is 9.75. The zero-order valence-corrected chi connectivity index (χ0v) is 14.0. The zero-order valence-electron chi connectivity index (χ0n) is 13.2. The predicted molar refractivity (Wildman–Crippen MR) is 78.6 cm³/mol. The maximum atomic E-state index is 12.6. The molecule has 0 spiro atoms. The quantitative estimate of drug-likeness (QED) is 0.848. The van der Waals surface area contributed by atoms with Gasteiger partial charge in [-0.3, -0.25) is 4.79 Å². The minimum atomic E-state index is -3.40. The lowest BCUT2D eigenvalue weighted by atomic mass is 9.86. The minimum Gasteiger partial charge on any atom is -0.341 e. The van der Waals surface area contributed by atoms with E-state index in [2.05, 4.69) is 18.6 Å². The van der Waals surface area contributed by atoms with Crippen LogP contribution in [0, 0.1) is 22.7 Å². The number of carbonyl (C=O) groups is 1. The van der Waals surface area contributed by atoms with E-state index in [0.29, 0.717) is 17.3 Å². The third-order valence-corrected chi connectivity index (χ3v) is 5.54. The number of fused-ring (bicyclic) bond motifs is 1. The van der Waals surface area contributed by atoms with Crippen LogP contribution in [0.3, 0.4) is 0 Å². The van der Waals surface area contributed by atoms with Crippen molar-refractivity contribution in [3.63, 3.8) is 0 Å². The van der Waals surface area contributed by atoms with Crippen LogP contribution in [0.1, 0.15) is 34.6 Å². The summed E-state index contributed by atoms with van der Waals surface area (Å²) in [4.78, 5) is 14.5. The molecule has 0 aromatic carbocycles. The van der Waals surface area contributed by atoms with Crippen LogP contribution in [0.2, 0.25) is 0 Å². The molecule has 5 nitrogen and oxygen atoms in total. The molecular weight excluding hydrogens is 276 g/mol. The van der Waals surface area contributed by atoms with Crippen LogP contribution in [0.4, 0.5) is 0 Å². The van der Waals surface area contributed by atoms with Crippen molar-refractivity contribution in [2.75, 3.05) is 19.3 Å². The summed E-state index contributed by atoms with van der Waals surface area (Å²) in [6, 6.07) is -0.696. The molecule has 0 aromatic heterocycles. The number of piperidine rings is 1. The smallest absolute Gasteiger partial charge is 0.241 e. The van der Waals surface area contributed by atoms with Gasteiger partial charge in [-0.25, -0.2) is 13.1 Å². The van der Waals surface area contributed by atoms with E-state index in [9.17, 15) is 13.2 Å². The molecule has 0 radical (unpaired) electrons. The molecule has 1 heterocycles. The van der Waals surface area contributed by atoms with Crippen LogP contribution in [0.5, 0.6) is 0 Å². The van der Waals surface area contributed by atoms with Crippen LogP contribution in [-0.4, -0.2) is 44.6 Å². The highest BCUT2D eigenvalue weighted by molar-refractivity contribution is 7.88. The lowest BCUT2D eigenvalue weighted by molar-refractivity contribution is -0.135. The van der Waals surface area contributed by atoms with Crippen molar-refractivity contribution in [1.29, 1.82) is 0 Å². The molecule has 3 atom stereocenters. The van der Waals surface area contributed by atoms with Gasteiger partial charge in [0, 0.05) is 13.1 Å². The molecule has 1 N–H and O–H groups in total. The zero-order chi connectivity index (χ0) is 15.5. The molecule has 1 saturated heterocycles. The van der Waals surface area contributed by atoms with Gasteiger partial charge in [0.1, 0.15) is 6.04 Å². The van der Waals surface area contributed by atoms with Gasteiger partial charge in [0.05, 0.1) is 6.26 Å². The molecule has 6 heteroatoms. The second-order valence-electron chi connectivity index (χ2n) is 7.97. The fourth-order valence-electron chi connectivity index (χ4n) is 3.31. The topological polar surface area (TPSA) is 66.5 Å². The lowest BCUT2D eigenvalue weighted by Gasteiger charge is -2.34. The Bertz CT molecular complexity index is 505. The normalized spacial score (nSPS) is 30.0. The Morgan fingerprint density at radius 3 is 2.05 bits per heavy atom. The first kappa shape index (κ1) is 15.8. The SMILES string of the molecule is CC(C)(C)[C@H](NS(C)(=O)=O)C(=O)N1C[C@@H]2[C@H](C1)C2(C)C. The summed E-state index contributed by atoms with van der Waals surface area (Å²) in [6.45, 7) is 11.6. The molecule has 1 saturated carbocycles. The van der Waals surface area contributed by atoms with Crippen LogP contribution in [0.25, 0.3) is 0 Å². The summed E-state index contributed by atoms with van der Waals surface area (Å²) in [5, 5.41) is 0. The van der Waals surface area contributed by atoms with Crippen molar-refractivity contribution in [1.82, 2.24) is 9.62 Å². The van der Waals surface area contributed by atoms with E-state index in [1.165, 1.54) is 0 Å². The summed E-state index contributed by atoms with van der Waals surface area (Å²) in [5.41, 5.74) is -0.0965. The van der Waals surface area contributed by atoms with Crippen molar-refractivity contribution in [3.05, 3.63) is 0 Å². The summed E-state index contributed by atoms with van der Waals surface area (Å²) in [6.07, 6.45) is 1.10. The monoisotopic (exact) mass is 302 g/mol. The fourth-order valence-corrected chi connectivity index (χ4v) is 4.19. The average Bonchev–Trinajstić information content (AvgIpc) is 2.64. The maximum Gasteiger partial charge on any atom is 0.241 e. The first-order chi connectivity index (χ1) is 8.84. The molecule has 1 amide bonds. The Kier molecular flexibility index (Phi) is 3.50. The number of hydrogen-bond donors (Lipinski definition) is 1. The van der Waals surface area contributed by atoms with E-state index in [1.54, 1.807) is 0 Å². The highest BCUT2D eigenvalue weighted by Crippen LogP contribution is 2.62. The van der Waals surface area contributed by atoms with Crippen molar-refractivity contribution >= 4 is 15.9 Å². The number of nitrogens with one attached hydrogen (secondary N) is 1. The number of sulfonamides is 1. The Labute approximate surface area is 122 Å². The number of amides is 1. The van der Waals surface area contributed by atoms with E-state index in [1.807, 2.05) is 25.7 Å². The maximum absolute atomic E-state index is 12.6. The van der Waals surface area contributed by atoms with Gasteiger partial charge in [-0.15, -0.1) is 0 Å². The summed E-state index contributed by atoms with van der Waals surface area (Å²) in [5.74, 6) is 1.06. The number of likely N-dealkylation sites (tertiary alicyclic amines) is 1. The van der Waals surface area contributed by atoms with Crippen molar-refractivity contribution in [3.8, 4) is 0 Å². The van der Waals surface area contributed by atoms with Crippen molar-refractivity contribution in [2.45, 2.75) is 40.7 Å². The largest absolute Gasteiger partial charge is 0.341 e. The standard InChI is InChI=1S/C14H26N2O3S/c1-13(2,3)11(15-20(6,18)19)12(17)16-7-9-10(8-16)14(9,4)5/h9-11,15H,7-8H2,1-6H3/t9-,10+,11-/m1/s1. The predicted octanol–water partition coefficient (Wildman–Crippen LogP) is 1.06. The lowest BCUT2D eigenvalue weighted by Crippen LogP contribution is -2.54. The second kappa shape index (κ2) is 4.44. The van der Waals surface area contributed by atoms with Crippen LogP contribution < -0.4 is 4.72 Å². The van der Waals surface area contributed by atoms with Crippen LogP contribution >= 0.6 is 0 Å². The number of hydrogen-bond acceptors (Lipinski definition) is 3. The molecule has 1 aliphatic carbocycles. The molecule has 116 valence electrons. The Morgan fingerprint density at radius 2 is 1.70 bits per heavy atom. The van der Waals surface area contributed by atoms with Gasteiger partial charge >= 0.3 is 0 Å². The molecule has 2 fully saturated rings. The number of rotatable bonds is 3. The average molecular weight is 302 g/mol. The number of nitrogens with zero attached hydrogens (tertiary/aromatic N) is 1.